The number of piperidine rings is 1. The summed E-state index contributed by atoms with van der Waals surface area (Å²) >= 11 is 0. The SMILES string of the molecule is Cc1cc(C(C)(C)C)cc(C)c1CN1CCCC(CCC(=O)O)C1. The van der Waals surface area contributed by atoms with Crippen molar-refractivity contribution in [3.63, 3.8) is 0 Å². The second-order valence-corrected chi connectivity index (χ2v) is 8.51. The van der Waals surface area contributed by atoms with Gasteiger partial charge in [-0.25, -0.2) is 0 Å². The molecule has 1 unspecified atom stereocenters. The largest absolute Gasteiger partial charge is 0.481 e. The quantitative estimate of drug-likeness (QED) is 0.852. The van der Waals surface area contributed by atoms with Crippen LogP contribution in [0.3, 0.4) is 0 Å². The van der Waals surface area contributed by atoms with Crippen LogP contribution in [0, 0.1) is 19.8 Å². The van der Waals surface area contributed by atoms with Gasteiger partial charge in [0.2, 0.25) is 0 Å². The van der Waals surface area contributed by atoms with E-state index in [4.69, 9.17) is 5.11 Å². The molecular weight excluding hydrogens is 298 g/mol. The molecule has 0 saturated carbocycles. The number of aliphatic carboxylic acids is 1. The summed E-state index contributed by atoms with van der Waals surface area (Å²) < 4.78 is 0. The molecule has 3 heteroatoms. The van der Waals surface area contributed by atoms with Crippen molar-refractivity contribution in [3.05, 3.63) is 34.4 Å². The summed E-state index contributed by atoms with van der Waals surface area (Å²) in [5.74, 6) is -0.138. The second-order valence-electron chi connectivity index (χ2n) is 8.51. The van der Waals surface area contributed by atoms with E-state index in [2.05, 4.69) is 51.7 Å². The third kappa shape index (κ3) is 5.07. The van der Waals surface area contributed by atoms with Gasteiger partial charge in [-0.15, -0.1) is 0 Å². The number of likely N-dealkylation sites (tertiary alicyclic amines) is 1. The van der Waals surface area contributed by atoms with Crippen LogP contribution in [-0.2, 0) is 16.8 Å². The molecule has 1 N–H and O–H groups in total. The third-order valence-electron chi connectivity index (χ3n) is 5.31. The Kier molecular flexibility index (Phi) is 6.08. The highest BCUT2D eigenvalue weighted by Gasteiger charge is 2.22. The molecule has 1 saturated heterocycles. The first kappa shape index (κ1) is 19.0. The van der Waals surface area contributed by atoms with Gasteiger partial charge in [-0.1, -0.05) is 32.9 Å². The average molecular weight is 332 g/mol. The molecule has 0 radical (unpaired) electrons. The van der Waals surface area contributed by atoms with E-state index in [1.807, 2.05) is 0 Å². The summed E-state index contributed by atoms with van der Waals surface area (Å²) in [6.45, 7) is 14.4. The molecule has 1 fully saturated rings. The maximum atomic E-state index is 10.8. The minimum Gasteiger partial charge on any atom is -0.481 e. The minimum atomic E-state index is -0.670. The van der Waals surface area contributed by atoms with Crippen LogP contribution in [0.25, 0.3) is 0 Å². The molecule has 1 aromatic carbocycles. The molecule has 1 heterocycles. The molecule has 0 aromatic heterocycles. The number of carboxylic acid groups (broad SMARTS) is 1. The fourth-order valence-corrected chi connectivity index (χ4v) is 3.76. The zero-order valence-corrected chi connectivity index (χ0v) is 16.0. The molecule has 0 spiro atoms. The van der Waals surface area contributed by atoms with Crippen molar-refractivity contribution in [2.45, 2.75) is 72.3 Å². The van der Waals surface area contributed by atoms with Crippen molar-refractivity contribution < 1.29 is 9.90 Å². The Morgan fingerprint density at radius 3 is 2.42 bits per heavy atom. The van der Waals surface area contributed by atoms with Gasteiger partial charge >= 0.3 is 5.97 Å². The van der Waals surface area contributed by atoms with Crippen molar-refractivity contribution in [1.29, 1.82) is 0 Å². The molecule has 0 bridgehead atoms. The molecule has 2 rings (SSSR count). The Bertz CT molecular complexity index is 563. The van der Waals surface area contributed by atoms with Crippen molar-refractivity contribution >= 4 is 5.97 Å². The number of carbonyl (C=O) groups is 1. The first-order chi connectivity index (χ1) is 11.2. The van der Waals surface area contributed by atoms with Crippen LogP contribution < -0.4 is 0 Å². The first-order valence-corrected chi connectivity index (χ1v) is 9.21. The second kappa shape index (κ2) is 7.69. The molecule has 3 nitrogen and oxygen atoms in total. The molecule has 0 aliphatic carbocycles. The number of hydrogen-bond acceptors (Lipinski definition) is 2. The highest BCUT2D eigenvalue weighted by molar-refractivity contribution is 5.66. The van der Waals surface area contributed by atoms with Crippen LogP contribution >= 0.6 is 0 Å². The maximum Gasteiger partial charge on any atom is 0.303 e. The molecule has 1 atom stereocenters. The predicted molar refractivity (Wildman–Crippen MR) is 99.5 cm³/mol. The molecule has 0 amide bonds. The van der Waals surface area contributed by atoms with Gasteiger partial charge in [0.15, 0.2) is 0 Å². The molecule has 134 valence electrons. The number of rotatable bonds is 5. The van der Waals surface area contributed by atoms with Crippen molar-refractivity contribution in [2.24, 2.45) is 5.92 Å². The maximum absolute atomic E-state index is 10.8. The Morgan fingerprint density at radius 2 is 1.88 bits per heavy atom. The summed E-state index contributed by atoms with van der Waals surface area (Å²) in [4.78, 5) is 13.3. The lowest BCUT2D eigenvalue weighted by molar-refractivity contribution is -0.137. The Balaban J connectivity index is 2.06. The van der Waals surface area contributed by atoms with E-state index < -0.39 is 5.97 Å². The highest BCUT2D eigenvalue weighted by atomic mass is 16.4. The lowest BCUT2D eigenvalue weighted by Gasteiger charge is -2.33. The number of carboxylic acids is 1. The number of hydrogen-bond donors (Lipinski definition) is 1. The van der Waals surface area contributed by atoms with Crippen molar-refractivity contribution in [1.82, 2.24) is 4.90 Å². The molecule has 1 aromatic rings. The highest BCUT2D eigenvalue weighted by Crippen LogP contribution is 2.29. The van der Waals surface area contributed by atoms with Gasteiger partial charge in [0.1, 0.15) is 0 Å². The first-order valence-electron chi connectivity index (χ1n) is 9.21. The standard InChI is InChI=1S/C21H33NO2/c1-15-11-18(21(3,4)5)12-16(2)19(15)14-22-10-6-7-17(13-22)8-9-20(23)24/h11-12,17H,6-10,13-14H2,1-5H3,(H,23,24). The lowest BCUT2D eigenvalue weighted by atomic mass is 9.83. The minimum absolute atomic E-state index is 0.182. The van der Waals surface area contributed by atoms with Crippen molar-refractivity contribution in [3.8, 4) is 0 Å². The molecule has 1 aliphatic rings. The predicted octanol–water partition coefficient (Wildman–Crippen LogP) is 4.68. The molecule has 1 aliphatic heterocycles. The van der Waals surface area contributed by atoms with E-state index in [1.54, 1.807) is 0 Å². The number of benzene rings is 1. The summed E-state index contributed by atoms with van der Waals surface area (Å²) in [7, 11) is 0. The smallest absolute Gasteiger partial charge is 0.303 e. The van der Waals surface area contributed by atoms with Gasteiger partial charge in [-0.2, -0.15) is 0 Å². The molecular formula is C21H33NO2. The number of nitrogens with zero attached hydrogens (tertiary/aromatic N) is 1. The zero-order valence-electron chi connectivity index (χ0n) is 16.0. The zero-order chi connectivity index (χ0) is 17.9. The van der Waals surface area contributed by atoms with E-state index in [-0.39, 0.29) is 5.41 Å². The van der Waals surface area contributed by atoms with Crippen LogP contribution in [0.2, 0.25) is 0 Å². The van der Waals surface area contributed by atoms with Crippen LogP contribution in [0.15, 0.2) is 12.1 Å². The van der Waals surface area contributed by atoms with Gasteiger partial charge in [0.05, 0.1) is 0 Å². The van der Waals surface area contributed by atoms with E-state index >= 15 is 0 Å². The van der Waals surface area contributed by atoms with E-state index in [0.29, 0.717) is 12.3 Å². The third-order valence-corrected chi connectivity index (χ3v) is 5.31. The monoisotopic (exact) mass is 331 g/mol. The van der Waals surface area contributed by atoms with Crippen LogP contribution in [-0.4, -0.2) is 29.1 Å². The summed E-state index contributed by atoms with van der Waals surface area (Å²) in [6.07, 6.45) is 3.47. The summed E-state index contributed by atoms with van der Waals surface area (Å²) in [6, 6.07) is 4.68. The van der Waals surface area contributed by atoms with Gasteiger partial charge < -0.3 is 5.11 Å². The summed E-state index contributed by atoms with van der Waals surface area (Å²) in [5, 5.41) is 8.90. The van der Waals surface area contributed by atoms with Crippen LogP contribution in [0.4, 0.5) is 0 Å². The Hall–Kier alpha value is -1.35. The fourth-order valence-electron chi connectivity index (χ4n) is 3.76. The van der Waals surface area contributed by atoms with E-state index in [1.165, 1.54) is 35.1 Å². The van der Waals surface area contributed by atoms with E-state index in [0.717, 1.165) is 26.1 Å². The Morgan fingerprint density at radius 1 is 1.25 bits per heavy atom. The van der Waals surface area contributed by atoms with Crippen molar-refractivity contribution in [2.75, 3.05) is 13.1 Å². The number of aryl methyl sites for hydroxylation is 2. The van der Waals surface area contributed by atoms with E-state index in [9.17, 15) is 4.79 Å². The summed E-state index contributed by atoms with van der Waals surface area (Å²) in [5.41, 5.74) is 5.79. The van der Waals surface area contributed by atoms with Gasteiger partial charge in [-0.05, 0) is 73.2 Å². The van der Waals surface area contributed by atoms with Crippen LogP contribution in [0.5, 0.6) is 0 Å². The Labute approximate surface area is 147 Å². The topological polar surface area (TPSA) is 40.5 Å². The molecule has 24 heavy (non-hydrogen) atoms. The van der Waals surface area contributed by atoms with Crippen LogP contribution in [0.1, 0.15) is 68.7 Å². The fraction of sp³-hybridized carbons (Fsp3) is 0.667. The van der Waals surface area contributed by atoms with Gasteiger partial charge in [0, 0.05) is 19.5 Å². The average Bonchev–Trinajstić information content (AvgIpc) is 2.48. The van der Waals surface area contributed by atoms with Gasteiger partial charge in [0.25, 0.3) is 0 Å². The van der Waals surface area contributed by atoms with Gasteiger partial charge in [-0.3, -0.25) is 9.69 Å². The normalized spacial score (nSPS) is 19.5. The lowest BCUT2D eigenvalue weighted by Crippen LogP contribution is -2.35.